The first kappa shape index (κ1) is 13.7. The van der Waals surface area contributed by atoms with E-state index >= 15 is 0 Å². The largest absolute Gasteiger partial charge is 0.451 e. The number of fused-ring (bicyclic) bond motifs is 1. The number of furan rings is 1. The molecule has 1 amide bonds. The number of para-hydroxylation sites is 1. The summed E-state index contributed by atoms with van der Waals surface area (Å²) in [6.45, 7) is 0. The summed E-state index contributed by atoms with van der Waals surface area (Å²) in [4.78, 5) is 16.1. The van der Waals surface area contributed by atoms with Crippen LogP contribution in [-0.2, 0) is 5.75 Å². The van der Waals surface area contributed by atoms with E-state index in [1.54, 1.807) is 18.0 Å². The van der Waals surface area contributed by atoms with Gasteiger partial charge in [0.05, 0.1) is 5.03 Å². The summed E-state index contributed by atoms with van der Waals surface area (Å²) >= 11 is 1.54. The summed E-state index contributed by atoms with van der Waals surface area (Å²) in [5.41, 5.74) is 3.62. The Labute approximate surface area is 125 Å². The van der Waals surface area contributed by atoms with Gasteiger partial charge in [-0.2, -0.15) is 0 Å². The van der Waals surface area contributed by atoms with Crippen LogP contribution < -0.4 is 11.3 Å². The van der Waals surface area contributed by atoms with E-state index in [2.05, 4.69) is 10.4 Å². The summed E-state index contributed by atoms with van der Waals surface area (Å²) in [6.07, 6.45) is 1.74. The van der Waals surface area contributed by atoms with E-state index in [1.807, 2.05) is 42.5 Å². The molecular formula is C15H13N3O2S. The molecule has 1 aromatic carbocycles. The molecule has 6 heteroatoms. The number of nitrogens with zero attached hydrogens (tertiary/aromatic N) is 1. The van der Waals surface area contributed by atoms with Crippen molar-refractivity contribution >= 4 is 28.6 Å². The highest BCUT2D eigenvalue weighted by Crippen LogP contribution is 2.31. The topological polar surface area (TPSA) is 81.1 Å². The minimum Gasteiger partial charge on any atom is -0.451 e. The predicted molar refractivity (Wildman–Crippen MR) is 81.7 cm³/mol. The van der Waals surface area contributed by atoms with Gasteiger partial charge in [0.25, 0.3) is 0 Å². The SMILES string of the molecule is NNC(=O)c1oc2ccccc2c1CSc1ccccn1. The maximum absolute atomic E-state index is 11.9. The lowest BCUT2D eigenvalue weighted by Gasteiger charge is -2.02. The van der Waals surface area contributed by atoms with Crippen LogP contribution in [0, 0.1) is 0 Å². The summed E-state index contributed by atoms with van der Waals surface area (Å²) in [5, 5.41) is 1.81. The lowest BCUT2D eigenvalue weighted by atomic mass is 10.1. The van der Waals surface area contributed by atoms with Gasteiger partial charge in [-0.3, -0.25) is 10.2 Å². The highest BCUT2D eigenvalue weighted by Gasteiger charge is 2.19. The second-order valence-electron chi connectivity index (χ2n) is 4.34. The van der Waals surface area contributed by atoms with Crippen molar-refractivity contribution in [2.75, 3.05) is 0 Å². The molecule has 21 heavy (non-hydrogen) atoms. The van der Waals surface area contributed by atoms with Crippen molar-refractivity contribution in [2.45, 2.75) is 10.8 Å². The normalized spacial score (nSPS) is 10.7. The Hall–Kier alpha value is -2.31. The Morgan fingerprint density at radius 3 is 2.81 bits per heavy atom. The number of hydrazine groups is 1. The van der Waals surface area contributed by atoms with Gasteiger partial charge in [-0.25, -0.2) is 10.8 Å². The highest BCUT2D eigenvalue weighted by atomic mass is 32.2. The summed E-state index contributed by atoms with van der Waals surface area (Å²) in [5.74, 6) is 5.63. The molecule has 3 N–H and O–H groups in total. The molecular weight excluding hydrogens is 286 g/mol. The maximum Gasteiger partial charge on any atom is 0.301 e. The van der Waals surface area contributed by atoms with Crippen molar-refractivity contribution in [3.05, 3.63) is 60.0 Å². The number of rotatable bonds is 4. The summed E-state index contributed by atoms with van der Waals surface area (Å²) < 4.78 is 5.61. The van der Waals surface area contributed by atoms with Gasteiger partial charge in [0.2, 0.25) is 0 Å². The maximum atomic E-state index is 11.9. The van der Waals surface area contributed by atoms with Crippen LogP contribution in [0.25, 0.3) is 11.0 Å². The number of hydrogen-bond donors (Lipinski definition) is 2. The van der Waals surface area contributed by atoms with Gasteiger partial charge < -0.3 is 4.42 Å². The molecule has 3 rings (SSSR count). The number of nitrogen functional groups attached to an aromatic ring is 1. The molecule has 0 spiro atoms. The molecule has 2 aromatic heterocycles. The van der Waals surface area contributed by atoms with E-state index in [4.69, 9.17) is 10.3 Å². The number of benzene rings is 1. The Kier molecular flexibility index (Phi) is 3.89. The van der Waals surface area contributed by atoms with Crippen LogP contribution >= 0.6 is 11.8 Å². The molecule has 0 saturated heterocycles. The van der Waals surface area contributed by atoms with Crippen LogP contribution in [0.4, 0.5) is 0 Å². The van der Waals surface area contributed by atoms with E-state index in [0.717, 1.165) is 16.0 Å². The van der Waals surface area contributed by atoms with Gasteiger partial charge in [0.15, 0.2) is 5.76 Å². The Morgan fingerprint density at radius 2 is 2.05 bits per heavy atom. The molecule has 0 atom stereocenters. The highest BCUT2D eigenvalue weighted by molar-refractivity contribution is 7.98. The number of carbonyl (C=O) groups is 1. The standard InChI is InChI=1S/C15H13N3O2S/c16-18-15(19)14-11(9-21-13-7-3-4-8-17-13)10-5-1-2-6-12(10)20-14/h1-8H,9,16H2,(H,18,19). The van der Waals surface area contributed by atoms with E-state index in [0.29, 0.717) is 11.3 Å². The first-order valence-corrected chi connectivity index (χ1v) is 7.33. The minimum absolute atomic E-state index is 0.252. The molecule has 0 saturated carbocycles. The third kappa shape index (κ3) is 2.76. The molecule has 0 unspecified atom stereocenters. The number of pyridine rings is 1. The van der Waals surface area contributed by atoms with E-state index in [-0.39, 0.29) is 5.76 Å². The van der Waals surface area contributed by atoms with Gasteiger partial charge in [-0.1, -0.05) is 24.3 Å². The fourth-order valence-corrected chi connectivity index (χ4v) is 2.96. The molecule has 3 aromatic rings. The van der Waals surface area contributed by atoms with E-state index in [9.17, 15) is 4.79 Å². The Bertz CT molecular complexity index is 771. The first-order valence-electron chi connectivity index (χ1n) is 6.35. The fraction of sp³-hybridized carbons (Fsp3) is 0.0667. The molecule has 0 radical (unpaired) electrons. The second-order valence-corrected chi connectivity index (χ2v) is 5.33. The lowest BCUT2D eigenvalue weighted by Crippen LogP contribution is -2.30. The van der Waals surface area contributed by atoms with Gasteiger partial charge in [-0.15, -0.1) is 11.8 Å². The van der Waals surface area contributed by atoms with Crippen LogP contribution in [0.1, 0.15) is 16.1 Å². The molecule has 5 nitrogen and oxygen atoms in total. The average molecular weight is 299 g/mol. The van der Waals surface area contributed by atoms with E-state index in [1.165, 1.54) is 0 Å². The molecule has 0 aliphatic carbocycles. The number of nitrogens with two attached hydrogens (primary N) is 1. The van der Waals surface area contributed by atoms with E-state index < -0.39 is 5.91 Å². The van der Waals surface area contributed by atoms with Gasteiger partial charge >= 0.3 is 5.91 Å². The van der Waals surface area contributed by atoms with Crippen molar-refractivity contribution in [1.82, 2.24) is 10.4 Å². The zero-order chi connectivity index (χ0) is 14.7. The number of hydrogen-bond acceptors (Lipinski definition) is 5. The van der Waals surface area contributed by atoms with Crippen LogP contribution in [-0.4, -0.2) is 10.9 Å². The molecule has 0 aliphatic rings. The minimum atomic E-state index is -0.428. The third-order valence-electron chi connectivity index (χ3n) is 3.04. The van der Waals surface area contributed by atoms with Crippen LogP contribution in [0.15, 0.2) is 58.1 Å². The van der Waals surface area contributed by atoms with Crippen molar-refractivity contribution in [1.29, 1.82) is 0 Å². The number of thioether (sulfide) groups is 1. The summed E-state index contributed by atoms with van der Waals surface area (Å²) in [6, 6.07) is 13.3. The number of carbonyl (C=O) groups excluding carboxylic acids is 1. The van der Waals surface area contributed by atoms with Crippen molar-refractivity contribution in [2.24, 2.45) is 5.84 Å². The molecule has 0 fully saturated rings. The Balaban J connectivity index is 1.97. The molecule has 0 aliphatic heterocycles. The monoisotopic (exact) mass is 299 g/mol. The first-order chi connectivity index (χ1) is 10.3. The third-order valence-corrected chi connectivity index (χ3v) is 4.01. The van der Waals surface area contributed by atoms with Gasteiger partial charge in [0, 0.05) is 22.9 Å². The molecule has 106 valence electrons. The molecule has 0 bridgehead atoms. The number of aromatic nitrogens is 1. The predicted octanol–water partition coefficient (Wildman–Crippen LogP) is 2.72. The van der Waals surface area contributed by atoms with Gasteiger partial charge in [0.1, 0.15) is 5.58 Å². The van der Waals surface area contributed by atoms with Crippen molar-refractivity contribution in [3.8, 4) is 0 Å². The second kappa shape index (κ2) is 5.99. The average Bonchev–Trinajstić information content (AvgIpc) is 2.92. The smallest absolute Gasteiger partial charge is 0.301 e. The van der Waals surface area contributed by atoms with Crippen LogP contribution in [0.3, 0.4) is 0 Å². The van der Waals surface area contributed by atoms with Crippen molar-refractivity contribution < 1.29 is 9.21 Å². The number of amides is 1. The zero-order valence-corrected chi connectivity index (χ0v) is 11.9. The quantitative estimate of drug-likeness (QED) is 0.335. The van der Waals surface area contributed by atoms with Crippen molar-refractivity contribution in [3.63, 3.8) is 0 Å². The van der Waals surface area contributed by atoms with Crippen LogP contribution in [0.2, 0.25) is 0 Å². The number of nitrogens with one attached hydrogen (secondary N) is 1. The van der Waals surface area contributed by atoms with Gasteiger partial charge in [-0.05, 0) is 18.2 Å². The zero-order valence-electron chi connectivity index (χ0n) is 11.1. The Morgan fingerprint density at radius 1 is 1.24 bits per heavy atom. The van der Waals surface area contributed by atoms with Crippen LogP contribution in [0.5, 0.6) is 0 Å². The lowest BCUT2D eigenvalue weighted by molar-refractivity contribution is 0.0927. The fourth-order valence-electron chi connectivity index (χ4n) is 2.07. The molecule has 2 heterocycles. The summed E-state index contributed by atoms with van der Waals surface area (Å²) in [7, 11) is 0.